The minimum Gasteiger partial charge on any atom is -0.497 e. The molecule has 2 heterocycles. The largest absolute Gasteiger partial charge is 0.497 e. The van der Waals surface area contributed by atoms with Crippen molar-refractivity contribution < 1.29 is 18.7 Å². The molecule has 0 atom stereocenters. The van der Waals surface area contributed by atoms with E-state index < -0.39 is 0 Å². The van der Waals surface area contributed by atoms with Gasteiger partial charge in [-0.15, -0.1) is 0 Å². The van der Waals surface area contributed by atoms with Crippen molar-refractivity contribution in [1.29, 1.82) is 0 Å². The molecule has 29 heavy (non-hydrogen) atoms. The lowest BCUT2D eigenvalue weighted by Crippen LogP contribution is -2.12. The second-order valence-electron chi connectivity index (χ2n) is 6.36. The first-order chi connectivity index (χ1) is 14.0. The summed E-state index contributed by atoms with van der Waals surface area (Å²) in [6, 6.07) is 11.3. The monoisotopic (exact) mass is 411 g/mol. The molecule has 0 unspecified atom stereocenters. The van der Waals surface area contributed by atoms with E-state index in [1.165, 1.54) is 23.5 Å². The number of thiazole rings is 1. The third-order valence-electron chi connectivity index (χ3n) is 4.51. The summed E-state index contributed by atoms with van der Waals surface area (Å²) >= 11 is 1.29. The predicted octanol–water partition coefficient (Wildman–Crippen LogP) is 4.78. The molecule has 0 spiro atoms. The minimum absolute atomic E-state index is 0.239. The topological polar surface area (TPSA) is 64.9 Å². The second-order valence-corrected chi connectivity index (χ2v) is 7.34. The zero-order chi connectivity index (χ0) is 20.5. The Hall–Kier alpha value is -3.39. The van der Waals surface area contributed by atoms with E-state index in [4.69, 9.17) is 9.47 Å². The van der Waals surface area contributed by atoms with Crippen LogP contribution in [0.15, 0.2) is 48.7 Å². The van der Waals surface area contributed by atoms with Crippen LogP contribution in [0.25, 0.3) is 16.2 Å². The van der Waals surface area contributed by atoms with Crippen molar-refractivity contribution in [3.8, 4) is 22.8 Å². The molecule has 0 saturated heterocycles. The number of fused-ring (bicyclic) bond motifs is 1. The van der Waals surface area contributed by atoms with Crippen molar-refractivity contribution in [3.63, 3.8) is 0 Å². The number of halogens is 1. The Morgan fingerprint density at radius 3 is 2.34 bits per heavy atom. The van der Waals surface area contributed by atoms with Crippen LogP contribution in [0, 0.1) is 12.7 Å². The summed E-state index contributed by atoms with van der Waals surface area (Å²) in [5.74, 6) is 0.637. The summed E-state index contributed by atoms with van der Waals surface area (Å²) in [6.07, 6.45) is 1.85. The lowest BCUT2D eigenvalue weighted by atomic mass is 10.2. The average Bonchev–Trinajstić information content (AvgIpc) is 3.27. The number of rotatable bonds is 5. The van der Waals surface area contributed by atoms with Crippen molar-refractivity contribution in [2.24, 2.45) is 0 Å². The molecule has 0 aliphatic carbocycles. The van der Waals surface area contributed by atoms with Crippen LogP contribution in [0.3, 0.4) is 0 Å². The highest BCUT2D eigenvalue weighted by Gasteiger charge is 2.19. The highest BCUT2D eigenvalue weighted by Crippen LogP contribution is 2.30. The van der Waals surface area contributed by atoms with Gasteiger partial charge in [-0.3, -0.25) is 9.20 Å². The van der Waals surface area contributed by atoms with Crippen LogP contribution in [-0.2, 0) is 0 Å². The predicted molar refractivity (Wildman–Crippen MR) is 111 cm³/mol. The Morgan fingerprint density at radius 2 is 1.76 bits per heavy atom. The number of methoxy groups -OCH3 is 2. The fraction of sp³-hybridized carbons (Fsp3) is 0.143. The van der Waals surface area contributed by atoms with Crippen LogP contribution in [0.4, 0.5) is 10.1 Å². The van der Waals surface area contributed by atoms with Gasteiger partial charge in [-0.1, -0.05) is 11.3 Å². The van der Waals surface area contributed by atoms with E-state index >= 15 is 0 Å². The Kier molecular flexibility index (Phi) is 4.94. The maximum Gasteiger partial charge on any atom is 0.267 e. The van der Waals surface area contributed by atoms with Crippen molar-refractivity contribution in [1.82, 2.24) is 9.38 Å². The van der Waals surface area contributed by atoms with E-state index in [1.807, 2.05) is 17.5 Å². The number of imidazole rings is 1. The Bertz CT molecular complexity index is 1180. The average molecular weight is 411 g/mol. The normalized spacial score (nSPS) is 10.9. The lowest BCUT2D eigenvalue weighted by Gasteiger charge is -2.09. The first kappa shape index (κ1) is 18.9. The fourth-order valence-electron chi connectivity index (χ4n) is 2.99. The molecule has 0 radical (unpaired) electrons. The number of hydrogen-bond acceptors (Lipinski definition) is 5. The van der Waals surface area contributed by atoms with E-state index in [0.29, 0.717) is 27.0 Å². The first-order valence-corrected chi connectivity index (χ1v) is 9.59. The molecule has 1 N–H and O–H groups in total. The third-order valence-corrected chi connectivity index (χ3v) is 5.67. The summed E-state index contributed by atoms with van der Waals surface area (Å²) in [5, 5.41) is 2.88. The van der Waals surface area contributed by atoms with Gasteiger partial charge in [-0.25, -0.2) is 9.37 Å². The van der Waals surface area contributed by atoms with Crippen LogP contribution in [0.2, 0.25) is 0 Å². The number of anilines is 1. The molecule has 6 nitrogen and oxygen atoms in total. The number of nitrogens with one attached hydrogen (secondary N) is 1. The number of aromatic nitrogens is 2. The zero-order valence-corrected chi connectivity index (χ0v) is 16.8. The zero-order valence-electron chi connectivity index (χ0n) is 16.0. The number of hydrogen-bond donors (Lipinski definition) is 1. The van der Waals surface area contributed by atoms with Crippen molar-refractivity contribution in [2.75, 3.05) is 19.5 Å². The second kappa shape index (κ2) is 7.56. The maximum atomic E-state index is 13.1. The van der Waals surface area contributed by atoms with Gasteiger partial charge < -0.3 is 14.8 Å². The Labute approximate surface area is 170 Å². The minimum atomic E-state index is -0.293. The summed E-state index contributed by atoms with van der Waals surface area (Å²) in [7, 11) is 3.11. The van der Waals surface area contributed by atoms with Gasteiger partial charge in [0.1, 0.15) is 22.2 Å². The summed E-state index contributed by atoms with van der Waals surface area (Å²) < 4.78 is 25.5. The molecule has 1 amide bonds. The maximum absolute atomic E-state index is 13.1. The number of aryl methyl sites for hydroxylation is 1. The van der Waals surface area contributed by atoms with Crippen molar-refractivity contribution in [3.05, 3.63) is 65.0 Å². The number of nitrogens with zero attached hydrogens (tertiary/aromatic N) is 2. The number of carbonyl (C=O) groups excluding carboxylic acids is 1. The molecule has 0 saturated carbocycles. The lowest BCUT2D eigenvalue weighted by molar-refractivity contribution is 0.102. The highest BCUT2D eigenvalue weighted by molar-refractivity contribution is 7.19. The van der Waals surface area contributed by atoms with E-state index in [2.05, 4.69) is 10.3 Å². The van der Waals surface area contributed by atoms with E-state index in [1.54, 1.807) is 44.6 Å². The highest BCUT2D eigenvalue weighted by atomic mass is 32.1. The molecule has 0 aliphatic rings. The molecule has 8 heteroatoms. The molecule has 2 aromatic carbocycles. The molecule has 0 fully saturated rings. The van der Waals surface area contributed by atoms with Crippen LogP contribution in [0.1, 0.15) is 15.4 Å². The van der Waals surface area contributed by atoms with Gasteiger partial charge in [0.2, 0.25) is 0 Å². The summed E-state index contributed by atoms with van der Waals surface area (Å²) in [5.41, 5.74) is 2.89. The third kappa shape index (κ3) is 3.66. The first-order valence-electron chi connectivity index (χ1n) is 8.77. The van der Waals surface area contributed by atoms with Crippen molar-refractivity contribution >= 4 is 27.9 Å². The molecule has 2 aromatic heterocycles. The van der Waals surface area contributed by atoms with Crippen LogP contribution in [-0.4, -0.2) is 29.5 Å². The number of carbonyl (C=O) groups is 1. The summed E-state index contributed by atoms with van der Waals surface area (Å²) in [6.45, 7) is 1.86. The van der Waals surface area contributed by atoms with Crippen LogP contribution < -0.4 is 14.8 Å². The number of amides is 1. The molecular formula is C21H18FN3O3S. The van der Waals surface area contributed by atoms with Crippen molar-refractivity contribution in [2.45, 2.75) is 6.92 Å². The van der Waals surface area contributed by atoms with E-state index in [9.17, 15) is 9.18 Å². The van der Waals surface area contributed by atoms with E-state index in [0.717, 1.165) is 17.0 Å². The molecule has 148 valence electrons. The smallest absolute Gasteiger partial charge is 0.267 e. The Morgan fingerprint density at radius 1 is 1.10 bits per heavy atom. The molecule has 4 aromatic rings. The van der Waals surface area contributed by atoms with Gasteiger partial charge in [-0.2, -0.15) is 0 Å². The molecule has 4 rings (SSSR count). The van der Waals surface area contributed by atoms with Gasteiger partial charge in [-0.05, 0) is 31.2 Å². The molecule has 0 aliphatic heterocycles. The quantitative estimate of drug-likeness (QED) is 0.513. The fourth-order valence-corrected chi connectivity index (χ4v) is 3.99. The standard InChI is InChI=1S/C21H18FN3O3S/c1-12-19(20(26)23-15-8-16(27-2)10-17(9-15)28-3)29-21-24-18(11-25(12)21)13-4-6-14(22)7-5-13/h4-11H,1-3H3,(H,23,26). The van der Waals surface area contributed by atoms with Gasteiger partial charge in [0.25, 0.3) is 5.91 Å². The van der Waals surface area contributed by atoms with E-state index in [-0.39, 0.29) is 11.7 Å². The summed E-state index contributed by atoms with van der Waals surface area (Å²) in [4.78, 5) is 18.7. The molecule has 0 bridgehead atoms. The Balaban J connectivity index is 1.62. The van der Waals surface area contributed by atoms with Gasteiger partial charge in [0.05, 0.1) is 19.9 Å². The van der Waals surface area contributed by atoms with Gasteiger partial charge >= 0.3 is 0 Å². The SMILES string of the molecule is COc1cc(NC(=O)c2sc3nc(-c4ccc(F)cc4)cn3c2C)cc(OC)c1. The van der Waals surface area contributed by atoms with Gasteiger partial charge in [0, 0.05) is 41.3 Å². The number of benzene rings is 2. The van der Waals surface area contributed by atoms with Gasteiger partial charge in [0.15, 0.2) is 4.96 Å². The van der Waals surface area contributed by atoms with Crippen LogP contribution >= 0.6 is 11.3 Å². The molecular weight excluding hydrogens is 393 g/mol. The number of ether oxygens (including phenoxy) is 2. The van der Waals surface area contributed by atoms with Crippen LogP contribution in [0.5, 0.6) is 11.5 Å².